The summed E-state index contributed by atoms with van der Waals surface area (Å²) in [4.78, 5) is 13.2. The van der Waals surface area contributed by atoms with Crippen LogP contribution in [0.2, 0.25) is 0 Å². The lowest BCUT2D eigenvalue weighted by Crippen LogP contribution is -2.38. The maximum atomic E-state index is 13.9. The molecule has 4 aromatic rings. The summed E-state index contributed by atoms with van der Waals surface area (Å²) < 4.78 is 78.4. The van der Waals surface area contributed by atoms with Crippen molar-refractivity contribution >= 4 is 43.0 Å². The second kappa shape index (κ2) is 13.8. The number of rotatable bonds is 13. The minimum Gasteiger partial charge on any atom is -0.497 e. The number of hydrogen-bond donors (Lipinski definition) is 2. The van der Waals surface area contributed by atoms with Crippen LogP contribution in [0.4, 0.5) is 17.1 Å². The van der Waals surface area contributed by atoms with Crippen molar-refractivity contribution < 1.29 is 40.6 Å². The molecule has 0 heterocycles. The summed E-state index contributed by atoms with van der Waals surface area (Å²) in [6.07, 6.45) is 0. The molecule has 238 valence electrons. The number of ether oxygens (including phenoxy) is 4. The molecule has 4 aromatic carbocycles. The molecule has 2 N–H and O–H groups in total. The fourth-order valence-corrected chi connectivity index (χ4v) is 6.76. The van der Waals surface area contributed by atoms with Gasteiger partial charge in [0, 0.05) is 17.8 Å². The fourth-order valence-electron chi connectivity index (χ4n) is 4.27. The van der Waals surface area contributed by atoms with Gasteiger partial charge >= 0.3 is 0 Å². The second-order valence-corrected chi connectivity index (χ2v) is 13.2. The van der Waals surface area contributed by atoms with E-state index in [1.165, 1.54) is 83.0 Å². The van der Waals surface area contributed by atoms with Gasteiger partial charge in [-0.15, -0.1) is 0 Å². The third-order valence-electron chi connectivity index (χ3n) is 6.65. The maximum Gasteiger partial charge on any atom is 0.264 e. The first-order chi connectivity index (χ1) is 21.4. The van der Waals surface area contributed by atoms with E-state index in [0.717, 1.165) is 9.87 Å². The number of benzene rings is 4. The average molecular weight is 656 g/mol. The Hall–Kier alpha value is -4.95. The molecule has 0 atom stereocenters. The molecule has 0 aliphatic carbocycles. The molecule has 0 unspecified atom stereocenters. The van der Waals surface area contributed by atoms with Crippen LogP contribution in [0.15, 0.2) is 94.7 Å². The van der Waals surface area contributed by atoms with Crippen LogP contribution in [0.25, 0.3) is 0 Å². The van der Waals surface area contributed by atoms with Gasteiger partial charge in [0.2, 0.25) is 5.91 Å². The fraction of sp³-hybridized carbons (Fsp3) is 0.194. The zero-order valence-electron chi connectivity index (χ0n) is 25.2. The summed E-state index contributed by atoms with van der Waals surface area (Å²) in [5.41, 5.74) is 1.37. The Labute approximate surface area is 262 Å². The maximum absolute atomic E-state index is 13.9. The zero-order valence-corrected chi connectivity index (χ0v) is 26.9. The quantitative estimate of drug-likeness (QED) is 0.210. The van der Waals surface area contributed by atoms with E-state index in [-0.39, 0.29) is 32.6 Å². The molecule has 0 spiro atoms. The standard InChI is InChI=1S/C31H33N3O9S2/c1-21-6-12-26(13-7-21)45(38,39)34(28-19-24(41-3)11-17-30(28)43-5)20-31(35)32-22-8-14-25(15-9-22)44(36,37)33-27-18-23(40-2)10-16-29(27)42-4/h6-19,33H,20H2,1-5H3,(H,32,35). The van der Waals surface area contributed by atoms with Gasteiger partial charge in [0.15, 0.2) is 0 Å². The van der Waals surface area contributed by atoms with Gasteiger partial charge in [0.1, 0.15) is 29.5 Å². The molecule has 45 heavy (non-hydrogen) atoms. The zero-order chi connectivity index (χ0) is 32.8. The Morgan fingerprint density at radius 3 is 1.82 bits per heavy atom. The lowest BCUT2D eigenvalue weighted by molar-refractivity contribution is -0.114. The van der Waals surface area contributed by atoms with Crippen LogP contribution in [-0.2, 0) is 24.8 Å². The molecule has 0 fully saturated rings. The SMILES string of the molecule is COc1ccc(OC)c(NS(=O)(=O)c2ccc(NC(=O)CN(c3cc(OC)ccc3OC)S(=O)(=O)c3ccc(C)cc3)cc2)c1. The molecule has 4 rings (SSSR count). The van der Waals surface area contributed by atoms with Crippen molar-refractivity contribution in [2.24, 2.45) is 0 Å². The lowest BCUT2D eigenvalue weighted by atomic mass is 10.2. The monoisotopic (exact) mass is 655 g/mol. The van der Waals surface area contributed by atoms with Crippen molar-refractivity contribution in [1.82, 2.24) is 0 Å². The highest BCUT2D eigenvalue weighted by atomic mass is 32.2. The van der Waals surface area contributed by atoms with Gasteiger partial charge < -0.3 is 24.3 Å². The molecule has 0 aliphatic rings. The number of nitrogens with one attached hydrogen (secondary N) is 2. The van der Waals surface area contributed by atoms with E-state index in [4.69, 9.17) is 18.9 Å². The number of sulfonamides is 2. The van der Waals surface area contributed by atoms with Crippen molar-refractivity contribution in [2.45, 2.75) is 16.7 Å². The molecule has 0 saturated carbocycles. The molecular formula is C31H33N3O9S2. The molecule has 0 aromatic heterocycles. The van der Waals surface area contributed by atoms with Crippen LogP contribution in [0.5, 0.6) is 23.0 Å². The van der Waals surface area contributed by atoms with E-state index in [9.17, 15) is 21.6 Å². The van der Waals surface area contributed by atoms with Crippen LogP contribution in [0, 0.1) is 6.92 Å². The molecule has 0 radical (unpaired) electrons. The van der Waals surface area contributed by atoms with E-state index in [1.807, 2.05) is 6.92 Å². The van der Waals surface area contributed by atoms with Gasteiger partial charge in [-0.25, -0.2) is 16.8 Å². The van der Waals surface area contributed by atoms with Gasteiger partial charge in [-0.1, -0.05) is 17.7 Å². The molecule has 12 nitrogen and oxygen atoms in total. The van der Waals surface area contributed by atoms with Crippen molar-refractivity contribution in [3.8, 4) is 23.0 Å². The first-order valence-corrected chi connectivity index (χ1v) is 16.3. The Morgan fingerprint density at radius 2 is 1.24 bits per heavy atom. The first kappa shape index (κ1) is 33.0. The summed E-state index contributed by atoms with van der Waals surface area (Å²) in [5.74, 6) is 0.587. The van der Waals surface area contributed by atoms with E-state index in [1.54, 1.807) is 30.3 Å². The number of methoxy groups -OCH3 is 4. The summed E-state index contributed by atoms with van der Waals surface area (Å²) in [5, 5.41) is 2.63. The summed E-state index contributed by atoms with van der Waals surface area (Å²) in [6.45, 7) is 1.20. The van der Waals surface area contributed by atoms with E-state index in [0.29, 0.717) is 17.2 Å². The van der Waals surface area contributed by atoms with Crippen LogP contribution in [-0.4, -0.2) is 57.7 Å². The average Bonchev–Trinajstić information content (AvgIpc) is 3.03. The lowest BCUT2D eigenvalue weighted by Gasteiger charge is -2.26. The Bertz CT molecular complexity index is 1880. The molecule has 14 heteroatoms. The first-order valence-electron chi connectivity index (χ1n) is 13.4. The number of nitrogens with zero attached hydrogens (tertiary/aromatic N) is 1. The van der Waals surface area contributed by atoms with Crippen LogP contribution >= 0.6 is 0 Å². The van der Waals surface area contributed by atoms with Crippen molar-refractivity contribution in [3.05, 3.63) is 90.5 Å². The van der Waals surface area contributed by atoms with Crippen LogP contribution in [0.1, 0.15) is 5.56 Å². The van der Waals surface area contributed by atoms with Crippen LogP contribution < -0.4 is 33.3 Å². The number of carbonyl (C=O) groups excluding carboxylic acids is 1. The van der Waals surface area contributed by atoms with Gasteiger partial charge in [-0.05, 0) is 67.6 Å². The number of hydrogen-bond acceptors (Lipinski definition) is 9. The Balaban J connectivity index is 1.59. The number of aryl methyl sites for hydroxylation is 1. The molecule has 0 aliphatic heterocycles. The van der Waals surface area contributed by atoms with E-state index >= 15 is 0 Å². The largest absolute Gasteiger partial charge is 0.497 e. The molecule has 0 saturated heterocycles. The van der Waals surface area contributed by atoms with E-state index < -0.39 is 32.5 Å². The third kappa shape index (κ3) is 7.59. The normalized spacial score (nSPS) is 11.3. The topological polar surface area (TPSA) is 150 Å². The minimum absolute atomic E-state index is 0.0273. The number of anilines is 3. The Kier molecular flexibility index (Phi) is 10.1. The summed E-state index contributed by atoms with van der Waals surface area (Å²) in [7, 11) is -2.62. The highest BCUT2D eigenvalue weighted by molar-refractivity contribution is 7.93. The highest BCUT2D eigenvalue weighted by Crippen LogP contribution is 2.36. The third-order valence-corrected chi connectivity index (χ3v) is 9.81. The van der Waals surface area contributed by atoms with Gasteiger partial charge in [-0.2, -0.15) is 0 Å². The van der Waals surface area contributed by atoms with Gasteiger partial charge in [0.05, 0.1) is 49.6 Å². The smallest absolute Gasteiger partial charge is 0.264 e. The molecule has 1 amide bonds. The van der Waals surface area contributed by atoms with Gasteiger partial charge in [0.25, 0.3) is 20.0 Å². The van der Waals surface area contributed by atoms with E-state index in [2.05, 4.69) is 10.0 Å². The molecule has 0 bridgehead atoms. The minimum atomic E-state index is -4.25. The second-order valence-electron chi connectivity index (χ2n) is 9.61. The predicted octanol–water partition coefficient (Wildman–Crippen LogP) is 4.66. The predicted molar refractivity (Wildman–Crippen MR) is 171 cm³/mol. The van der Waals surface area contributed by atoms with Crippen molar-refractivity contribution in [1.29, 1.82) is 0 Å². The summed E-state index contributed by atoms with van der Waals surface area (Å²) in [6, 6.07) is 20.9. The van der Waals surface area contributed by atoms with Crippen molar-refractivity contribution in [2.75, 3.05) is 49.3 Å². The number of carbonyl (C=O) groups is 1. The highest BCUT2D eigenvalue weighted by Gasteiger charge is 2.30. The van der Waals surface area contributed by atoms with Gasteiger partial charge in [-0.3, -0.25) is 13.8 Å². The number of amides is 1. The van der Waals surface area contributed by atoms with Crippen LogP contribution in [0.3, 0.4) is 0 Å². The Morgan fingerprint density at radius 1 is 0.689 bits per heavy atom. The summed E-state index contributed by atoms with van der Waals surface area (Å²) >= 11 is 0. The molecular weight excluding hydrogens is 622 g/mol. The van der Waals surface area contributed by atoms with Crippen molar-refractivity contribution in [3.63, 3.8) is 0 Å².